The second-order valence-corrected chi connectivity index (χ2v) is 21.4. The molecule has 0 saturated carbocycles. The second-order valence-electron chi connectivity index (χ2n) is 15.6. The van der Waals surface area contributed by atoms with Gasteiger partial charge in [-0.2, -0.15) is 71.0 Å². The van der Waals surface area contributed by atoms with Gasteiger partial charge in [0.15, 0.2) is 0 Å². The summed E-state index contributed by atoms with van der Waals surface area (Å²) in [6.07, 6.45) is 2.67. The van der Waals surface area contributed by atoms with Crippen LogP contribution in [0.1, 0.15) is 22.3 Å². The van der Waals surface area contributed by atoms with E-state index >= 15 is 0 Å². The summed E-state index contributed by atoms with van der Waals surface area (Å²) in [6, 6.07) is 17.7. The maximum absolute atomic E-state index is 13.4. The molecule has 0 aliphatic heterocycles. The Morgan fingerprint density at radius 1 is 0.590 bits per heavy atom. The SMILES string of the molecule is COS(=O)(=O)c1cc(Nc2nc(Nc3cc(S(=O)(=O)[O-])ccc3C)nc(N(CCO)CCO)n2)ccc1/C=C/c1ccc(Nc2nc(Nc3c[c-]ccc3S(=O)(=O)[O-])nc(N(CCO)CCO)n2)cc1CS(=O)(=O)O.[Na+].[Na+].[Na+]. The van der Waals surface area contributed by atoms with Crippen LogP contribution in [0.3, 0.4) is 0 Å². The van der Waals surface area contributed by atoms with Gasteiger partial charge in [-0.1, -0.05) is 36.0 Å². The van der Waals surface area contributed by atoms with Crippen LogP contribution in [0.15, 0.2) is 87.5 Å². The fraction of sp³-hybridized carbons (Fsp3) is 0.256. The Balaban J connectivity index is 0.00000533. The van der Waals surface area contributed by atoms with Crippen LogP contribution in [0, 0.1) is 13.0 Å². The minimum atomic E-state index is -5.00. The Morgan fingerprint density at radius 3 is 1.54 bits per heavy atom. The predicted molar refractivity (Wildman–Crippen MR) is 269 cm³/mol. The Hall–Kier alpha value is -4.08. The van der Waals surface area contributed by atoms with Crippen LogP contribution in [-0.4, -0.2) is 157 Å². The molecule has 0 radical (unpaired) electrons. The molecule has 78 heavy (non-hydrogen) atoms. The number of aliphatic hydroxyl groups is 4. The van der Waals surface area contributed by atoms with Crippen molar-refractivity contribution in [2.24, 2.45) is 0 Å². The van der Waals surface area contributed by atoms with Crippen molar-refractivity contribution in [3.8, 4) is 0 Å². The molecule has 0 unspecified atom stereocenters. The second kappa shape index (κ2) is 30.1. The van der Waals surface area contributed by atoms with E-state index in [1.807, 2.05) is 0 Å². The number of hydrogen-bond acceptors (Lipinski definition) is 27. The van der Waals surface area contributed by atoms with Crippen LogP contribution < -0.4 is 120 Å². The Labute approximate surface area is 515 Å². The van der Waals surface area contributed by atoms with Crippen LogP contribution in [0.25, 0.3) is 12.2 Å². The molecule has 4 aromatic carbocycles. The van der Waals surface area contributed by atoms with Crippen molar-refractivity contribution in [1.82, 2.24) is 29.9 Å². The molecule has 0 aliphatic rings. The van der Waals surface area contributed by atoms with Gasteiger partial charge in [0.05, 0.1) is 38.4 Å². The number of aryl methyl sites for hydroxylation is 1. The molecule has 6 aromatic rings. The van der Waals surface area contributed by atoms with Crippen molar-refractivity contribution >= 4 is 111 Å². The van der Waals surface area contributed by atoms with E-state index in [0.717, 1.165) is 37.4 Å². The zero-order valence-corrected chi connectivity index (χ0v) is 51.7. The van der Waals surface area contributed by atoms with E-state index in [1.165, 1.54) is 64.4 Å². The Morgan fingerprint density at radius 2 is 1.06 bits per heavy atom. The van der Waals surface area contributed by atoms with Crippen LogP contribution in [0.4, 0.5) is 58.4 Å². The first-order chi connectivity index (χ1) is 35.4. The molecule has 2 aromatic heterocycles. The molecule has 0 saturated heterocycles. The van der Waals surface area contributed by atoms with Crippen molar-refractivity contribution in [3.05, 3.63) is 101 Å². The number of hydrogen-bond donors (Lipinski definition) is 9. The first-order valence-corrected chi connectivity index (χ1v) is 27.5. The van der Waals surface area contributed by atoms with Crippen molar-refractivity contribution < 1.29 is 161 Å². The summed E-state index contributed by atoms with van der Waals surface area (Å²) in [5, 5.41) is 50.1. The van der Waals surface area contributed by atoms with Crippen molar-refractivity contribution in [1.29, 1.82) is 0 Å². The first kappa shape index (κ1) is 68.2. The van der Waals surface area contributed by atoms with Gasteiger partial charge in [0, 0.05) is 43.2 Å². The van der Waals surface area contributed by atoms with Crippen molar-refractivity contribution in [2.45, 2.75) is 27.4 Å². The molecule has 2 heterocycles. The van der Waals surface area contributed by atoms with E-state index in [1.54, 1.807) is 6.92 Å². The first-order valence-electron chi connectivity index (χ1n) is 21.7. The molecule has 0 fully saturated rings. The zero-order valence-electron chi connectivity index (χ0n) is 42.4. The molecule has 9 N–H and O–H groups in total. The van der Waals surface area contributed by atoms with Gasteiger partial charge >= 0.3 is 88.7 Å². The summed E-state index contributed by atoms with van der Waals surface area (Å²) < 4.78 is 138. The maximum atomic E-state index is 13.4. The Bertz CT molecular complexity index is 3530. The number of aliphatic hydroxyl groups excluding tert-OH is 4. The summed E-state index contributed by atoms with van der Waals surface area (Å²) in [5.74, 6) is -2.15. The fourth-order valence-electron chi connectivity index (χ4n) is 6.87. The van der Waals surface area contributed by atoms with E-state index in [-0.39, 0.29) is 203 Å². The number of nitrogens with one attached hydrogen (secondary N) is 4. The quantitative estimate of drug-likeness (QED) is 0.00801. The maximum Gasteiger partial charge on any atom is 1.00 e. The van der Waals surface area contributed by atoms with Gasteiger partial charge in [-0.3, -0.25) is 8.74 Å². The largest absolute Gasteiger partial charge is 1.00 e. The average Bonchev–Trinajstić information content (AvgIpc) is 3.33. The summed E-state index contributed by atoms with van der Waals surface area (Å²) in [7, 11) is -18.2. The topological polar surface area (TPSA) is 425 Å². The summed E-state index contributed by atoms with van der Waals surface area (Å²) >= 11 is 0. The van der Waals surface area contributed by atoms with E-state index in [4.69, 9.17) is 4.18 Å². The third-order valence-corrected chi connectivity index (χ3v) is 14.0. The van der Waals surface area contributed by atoms with E-state index in [9.17, 15) is 67.8 Å². The molecule has 0 atom stereocenters. The minimum absolute atomic E-state index is 0. The standard InChI is InChI=1S/C43H49N12O16S4.3Na/c1-27-7-14-33(73(63,64)65)25-35(27)47-41-49-39(51-43(53-41)55(17-21-58)18-22-59)45-32-13-11-29(37(24-32)75(69,70)71-2)9-8-28-10-12-31(23-30(28)26-72(60,61)62)44-38-48-40(52-42(50-38)54(15-19-56)16-20-57)46-34-5-3-4-6-36(34)74(66,67)68;;;/h4-14,23-25,56-59H,15-22,26H2,1-2H3,(H,60,61,62)(H,63,64,65)(H,66,67,68)(H2,44,46,48,50,52)(H2,45,47,49,51,53);;;/q-1;3*+1/p-2/b9-8+;;;. The summed E-state index contributed by atoms with van der Waals surface area (Å²) in [4.78, 5) is 27.1. The number of benzene rings is 4. The van der Waals surface area contributed by atoms with Gasteiger partial charge in [-0.25, -0.2) is 16.8 Å². The molecular weight excluding hydrogens is 1140 g/mol. The number of anilines is 10. The number of nitrogens with zero attached hydrogens (tertiary/aromatic N) is 8. The molecule has 28 nitrogen and oxygen atoms in total. The molecule has 6 rings (SSSR count). The molecule has 402 valence electrons. The average molecular weight is 1190 g/mol. The van der Waals surface area contributed by atoms with Crippen LogP contribution >= 0.6 is 0 Å². The van der Waals surface area contributed by atoms with Crippen LogP contribution in [0.5, 0.6) is 0 Å². The van der Waals surface area contributed by atoms with E-state index in [0.29, 0.717) is 5.56 Å². The Kier molecular flexibility index (Phi) is 26.3. The monoisotopic (exact) mass is 1180 g/mol. The number of rotatable bonds is 26. The van der Waals surface area contributed by atoms with E-state index < -0.39 is 74.1 Å². The van der Waals surface area contributed by atoms with Crippen molar-refractivity contribution in [2.75, 3.05) is 90.8 Å². The third-order valence-electron chi connectivity index (χ3n) is 10.3. The minimum Gasteiger partial charge on any atom is -0.746 e. The third kappa shape index (κ3) is 19.3. The number of aromatic nitrogens is 6. The van der Waals surface area contributed by atoms with Gasteiger partial charge in [0.2, 0.25) is 35.7 Å². The zero-order chi connectivity index (χ0) is 54.7. The normalized spacial score (nSPS) is 11.7. The molecule has 0 spiro atoms. The van der Waals surface area contributed by atoms with Gasteiger partial charge in [-0.15, -0.1) is 0 Å². The molecule has 0 amide bonds. The van der Waals surface area contributed by atoms with Gasteiger partial charge in [0.25, 0.3) is 20.2 Å². The smallest absolute Gasteiger partial charge is 0.746 e. The van der Waals surface area contributed by atoms with E-state index in [2.05, 4.69) is 57.2 Å². The predicted octanol–water partition coefficient (Wildman–Crippen LogP) is -7.56. The van der Waals surface area contributed by atoms with Crippen LogP contribution in [0.2, 0.25) is 0 Å². The molecule has 0 aliphatic carbocycles. The summed E-state index contributed by atoms with van der Waals surface area (Å²) in [6.45, 7) is -0.231. The molecule has 35 heteroatoms. The fourth-order valence-corrected chi connectivity index (χ4v) is 9.50. The van der Waals surface area contributed by atoms with Gasteiger partial charge in [-0.05, 0) is 70.5 Å². The van der Waals surface area contributed by atoms with Crippen molar-refractivity contribution in [3.63, 3.8) is 0 Å². The van der Waals surface area contributed by atoms with Gasteiger partial charge in [0.1, 0.15) is 30.9 Å². The van der Waals surface area contributed by atoms with Crippen LogP contribution in [-0.2, 0) is 50.4 Å². The molecular formula is C43H47N12Na3O16S4. The summed E-state index contributed by atoms with van der Waals surface area (Å²) in [5.41, 5.74) is 0.691. The van der Waals surface area contributed by atoms with Gasteiger partial charge < -0.3 is 60.6 Å². The molecule has 0 bridgehead atoms.